The molecule has 0 aliphatic heterocycles. The molecule has 0 atom stereocenters. The SMILES string of the molecule is N#Cc1cnc2c(Br)cc(C(F)(F)F)cn12. The molecule has 0 spiro atoms. The van der Waals surface area contributed by atoms with Gasteiger partial charge in [0.05, 0.1) is 16.2 Å². The first-order valence-corrected chi connectivity index (χ1v) is 4.86. The minimum atomic E-state index is -4.45. The maximum absolute atomic E-state index is 12.5. The van der Waals surface area contributed by atoms with Crippen LogP contribution in [0.3, 0.4) is 0 Å². The predicted octanol–water partition coefficient (Wildman–Crippen LogP) is 2.99. The summed E-state index contributed by atoms with van der Waals surface area (Å²) in [6.45, 7) is 0. The Morgan fingerprint density at radius 1 is 1.44 bits per heavy atom. The van der Waals surface area contributed by atoms with Crippen LogP contribution in [-0.4, -0.2) is 9.38 Å². The number of aromatic nitrogens is 2. The van der Waals surface area contributed by atoms with Crippen LogP contribution in [0.25, 0.3) is 5.65 Å². The second-order valence-electron chi connectivity index (χ2n) is 3.02. The second-order valence-corrected chi connectivity index (χ2v) is 3.88. The zero-order chi connectivity index (χ0) is 11.9. The first-order chi connectivity index (χ1) is 7.43. The van der Waals surface area contributed by atoms with Gasteiger partial charge in [0.25, 0.3) is 0 Å². The number of nitrogens with zero attached hydrogens (tertiary/aromatic N) is 3. The third kappa shape index (κ3) is 1.65. The van der Waals surface area contributed by atoms with Gasteiger partial charge in [-0.25, -0.2) is 4.98 Å². The van der Waals surface area contributed by atoms with Gasteiger partial charge in [0.1, 0.15) is 11.8 Å². The highest BCUT2D eigenvalue weighted by Gasteiger charge is 2.32. The van der Waals surface area contributed by atoms with Crippen LogP contribution in [0.4, 0.5) is 13.2 Å². The predicted molar refractivity (Wildman–Crippen MR) is 52.6 cm³/mol. The summed E-state index contributed by atoms with van der Waals surface area (Å²) in [7, 11) is 0. The molecule has 7 heteroatoms. The number of nitriles is 1. The molecule has 82 valence electrons. The van der Waals surface area contributed by atoms with E-state index in [1.807, 2.05) is 0 Å². The van der Waals surface area contributed by atoms with Gasteiger partial charge in [-0.3, -0.25) is 4.40 Å². The largest absolute Gasteiger partial charge is 0.417 e. The minimum absolute atomic E-state index is 0.0572. The van der Waals surface area contributed by atoms with Crippen molar-refractivity contribution in [3.05, 3.63) is 34.2 Å². The van der Waals surface area contributed by atoms with Gasteiger partial charge in [0.15, 0.2) is 5.65 Å². The number of halogens is 4. The zero-order valence-electron chi connectivity index (χ0n) is 7.59. The fourth-order valence-electron chi connectivity index (χ4n) is 1.28. The van der Waals surface area contributed by atoms with E-state index in [1.54, 1.807) is 6.07 Å². The number of rotatable bonds is 0. The van der Waals surface area contributed by atoms with Gasteiger partial charge in [-0.05, 0) is 22.0 Å². The average molecular weight is 290 g/mol. The van der Waals surface area contributed by atoms with Gasteiger partial charge >= 0.3 is 6.18 Å². The summed E-state index contributed by atoms with van der Waals surface area (Å²) in [6.07, 6.45) is -2.38. The Balaban J connectivity index is 2.79. The third-order valence-corrected chi connectivity index (χ3v) is 2.59. The van der Waals surface area contributed by atoms with Crippen molar-refractivity contribution in [2.75, 3.05) is 0 Å². The second kappa shape index (κ2) is 3.49. The molecule has 0 fully saturated rings. The number of pyridine rings is 1. The Labute approximate surface area is 96.3 Å². The molecular weight excluding hydrogens is 287 g/mol. The fourth-order valence-corrected chi connectivity index (χ4v) is 1.82. The van der Waals surface area contributed by atoms with Gasteiger partial charge in [-0.1, -0.05) is 0 Å². The summed E-state index contributed by atoms with van der Waals surface area (Å²) < 4.78 is 38.8. The highest BCUT2D eigenvalue weighted by molar-refractivity contribution is 9.10. The van der Waals surface area contributed by atoms with Crippen molar-refractivity contribution in [1.29, 1.82) is 5.26 Å². The van der Waals surface area contributed by atoms with Gasteiger partial charge in [0.2, 0.25) is 0 Å². The number of fused-ring (bicyclic) bond motifs is 1. The van der Waals surface area contributed by atoms with E-state index >= 15 is 0 Å². The van der Waals surface area contributed by atoms with E-state index in [0.717, 1.165) is 16.7 Å². The van der Waals surface area contributed by atoms with Gasteiger partial charge in [0, 0.05) is 6.20 Å². The maximum atomic E-state index is 12.5. The van der Waals surface area contributed by atoms with Gasteiger partial charge in [-0.15, -0.1) is 0 Å². The van der Waals surface area contributed by atoms with E-state index < -0.39 is 11.7 Å². The van der Waals surface area contributed by atoms with Crippen LogP contribution < -0.4 is 0 Å². The van der Waals surface area contributed by atoms with Crippen LogP contribution in [-0.2, 0) is 6.18 Å². The molecular formula is C9H3BrF3N3. The quantitative estimate of drug-likeness (QED) is 0.748. The normalized spacial score (nSPS) is 11.7. The van der Waals surface area contributed by atoms with Crippen LogP contribution in [0.2, 0.25) is 0 Å². The molecule has 0 aromatic carbocycles. The molecule has 0 amide bonds. The maximum Gasteiger partial charge on any atom is 0.417 e. The summed E-state index contributed by atoms with van der Waals surface area (Å²) in [6, 6.07) is 2.70. The van der Waals surface area contributed by atoms with Crippen LogP contribution in [0.1, 0.15) is 11.3 Å². The lowest BCUT2D eigenvalue weighted by Crippen LogP contribution is -2.07. The third-order valence-electron chi connectivity index (χ3n) is 2.00. The Bertz CT molecular complexity index is 594. The monoisotopic (exact) mass is 289 g/mol. The number of imidazole rings is 1. The molecule has 0 N–H and O–H groups in total. The van der Waals surface area contributed by atoms with E-state index in [1.165, 1.54) is 6.20 Å². The molecule has 0 unspecified atom stereocenters. The molecule has 2 aromatic rings. The van der Waals surface area contributed by atoms with Crippen molar-refractivity contribution in [3.8, 4) is 6.07 Å². The van der Waals surface area contributed by atoms with Crippen molar-refractivity contribution in [2.24, 2.45) is 0 Å². The first kappa shape index (κ1) is 11.0. The van der Waals surface area contributed by atoms with Crippen molar-refractivity contribution in [1.82, 2.24) is 9.38 Å². The Morgan fingerprint density at radius 3 is 2.69 bits per heavy atom. The molecule has 2 heterocycles. The van der Waals surface area contributed by atoms with E-state index in [4.69, 9.17) is 5.26 Å². The standard InChI is InChI=1S/C9H3BrF3N3/c10-7-1-5(9(11,12)13)4-16-6(2-14)3-15-8(7)16/h1,3-4H. The first-order valence-electron chi connectivity index (χ1n) is 4.07. The van der Waals surface area contributed by atoms with Gasteiger partial charge in [-0.2, -0.15) is 18.4 Å². The van der Waals surface area contributed by atoms with Crippen molar-refractivity contribution in [2.45, 2.75) is 6.18 Å². The molecule has 0 aliphatic rings. The van der Waals surface area contributed by atoms with E-state index in [0.29, 0.717) is 0 Å². The lowest BCUT2D eigenvalue weighted by Gasteiger charge is -2.08. The van der Waals surface area contributed by atoms with E-state index in [-0.39, 0.29) is 15.8 Å². The topological polar surface area (TPSA) is 41.1 Å². The molecule has 0 radical (unpaired) electrons. The fraction of sp³-hybridized carbons (Fsp3) is 0.111. The lowest BCUT2D eigenvalue weighted by atomic mass is 10.3. The lowest BCUT2D eigenvalue weighted by molar-refractivity contribution is -0.137. The molecule has 0 aliphatic carbocycles. The van der Waals surface area contributed by atoms with Gasteiger partial charge < -0.3 is 0 Å². The molecule has 0 saturated carbocycles. The van der Waals surface area contributed by atoms with Crippen LogP contribution in [0.5, 0.6) is 0 Å². The van der Waals surface area contributed by atoms with Crippen molar-refractivity contribution >= 4 is 21.6 Å². The summed E-state index contributed by atoms with van der Waals surface area (Å²) in [5, 5.41) is 8.70. The zero-order valence-corrected chi connectivity index (χ0v) is 9.17. The van der Waals surface area contributed by atoms with Crippen molar-refractivity contribution in [3.63, 3.8) is 0 Å². The smallest absolute Gasteiger partial charge is 0.290 e. The number of hydrogen-bond acceptors (Lipinski definition) is 2. The molecule has 16 heavy (non-hydrogen) atoms. The molecule has 0 bridgehead atoms. The van der Waals surface area contributed by atoms with E-state index in [9.17, 15) is 13.2 Å². The molecule has 2 aromatic heterocycles. The Hall–Kier alpha value is -1.55. The highest BCUT2D eigenvalue weighted by Crippen LogP contribution is 2.32. The van der Waals surface area contributed by atoms with Crippen LogP contribution in [0.15, 0.2) is 22.9 Å². The van der Waals surface area contributed by atoms with Crippen LogP contribution in [0, 0.1) is 11.3 Å². The summed E-state index contributed by atoms with van der Waals surface area (Å²) in [5.74, 6) is 0. The average Bonchev–Trinajstić information content (AvgIpc) is 2.59. The Kier molecular flexibility index (Phi) is 2.39. The van der Waals surface area contributed by atoms with Crippen LogP contribution >= 0.6 is 15.9 Å². The summed E-state index contributed by atoms with van der Waals surface area (Å²) in [5.41, 5.74) is -0.493. The summed E-state index contributed by atoms with van der Waals surface area (Å²) in [4.78, 5) is 3.84. The number of hydrogen-bond donors (Lipinski definition) is 0. The summed E-state index contributed by atoms with van der Waals surface area (Å²) >= 11 is 2.99. The van der Waals surface area contributed by atoms with Crippen molar-refractivity contribution < 1.29 is 13.2 Å². The molecule has 2 rings (SSSR count). The number of alkyl halides is 3. The minimum Gasteiger partial charge on any atom is -0.290 e. The molecule has 0 saturated heterocycles. The van der Waals surface area contributed by atoms with E-state index in [2.05, 4.69) is 20.9 Å². The highest BCUT2D eigenvalue weighted by atomic mass is 79.9. The molecule has 3 nitrogen and oxygen atoms in total. The Morgan fingerprint density at radius 2 is 2.12 bits per heavy atom.